The van der Waals surface area contributed by atoms with Crippen molar-refractivity contribution in [3.8, 4) is 0 Å². The largest absolute Gasteiger partial charge is 0.326 e. The molecule has 0 aliphatic carbocycles. The lowest BCUT2D eigenvalue weighted by molar-refractivity contribution is 0.221. The molecule has 0 amide bonds. The fraction of sp³-hybridized carbons (Fsp3) is 0.400. The molecule has 0 spiro atoms. The Morgan fingerprint density at radius 3 is 2.00 bits per heavy atom. The average molecular weight is 204 g/mol. The molecule has 3 heteroatoms. The molecule has 1 rings (SSSR count). The highest BCUT2D eigenvalue weighted by Gasteiger charge is 2.17. The highest BCUT2D eigenvalue weighted by molar-refractivity contribution is 5.85. The number of alkyl halides is 1. The van der Waals surface area contributed by atoms with Crippen LogP contribution in [0.2, 0.25) is 0 Å². The van der Waals surface area contributed by atoms with Gasteiger partial charge in [-0.2, -0.15) is 0 Å². The Balaban J connectivity index is 0.00000144. The molecule has 1 aromatic rings. The van der Waals surface area contributed by atoms with E-state index in [-0.39, 0.29) is 12.4 Å². The maximum atomic E-state index is 13.3. The Morgan fingerprint density at radius 2 is 1.69 bits per heavy atom. The second kappa shape index (κ2) is 4.58. The minimum Gasteiger partial charge on any atom is -0.326 e. The SMILES string of the molecule is CC(C)(F)c1ccc(CN)cc1.Cl. The normalized spacial score (nSPS) is 10.8. The molecular weight excluding hydrogens is 189 g/mol. The highest BCUT2D eigenvalue weighted by Crippen LogP contribution is 2.24. The Kier molecular flexibility index (Phi) is 4.37. The number of hydrogen-bond acceptors (Lipinski definition) is 1. The van der Waals surface area contributed by atoms with Crippen LogP contribution in [-0.2, 0) is 12.2 Å². The van der Waals surface area contributed by atoms with E-state index in [4.69, 9.17) is 5.73 Å². The van der Waals surface area contributed by atoms with Gasteiger partial charge in [0.15, 0.2) is 0 Å². The standard InChI is InChI=1S/C10H14FN.ClH/c1-10(2,11)9-5-3-8(7-12)4-6-9;/h3-6H,7,12H2,1-2H3;1H. The summed E-state index contributed by atoms with van der Waals surface area (Å²) in [5.74, 6) is 0. The van der Waals surface area contributed by atoms with Crippen molar-refractivity contribution in [1.82, 2.24) is 0 Å². The summed E-state index contributed by atoms with van der Waals surface area (Å²) in [6, 6.07) is 7.28. The molecule has 0 atom stereocenters. The molecule has 13 heavy (non-hydrogen) atoms. The summed E-state index contributed by atoms with van der Waals surface area (Å²) in [5.41, 5.74) is 5.88. The molecule has 0 aliphatic heterocycles. The van der Waals surface area contributed by atoms with E-state index in [0.717, 1.165) is 5.56 Å². The van der Waals surface area contributed by atoms with Gasteiger partial charge in [-0.05, 0) is 25.0 Å². The van der Waals surface area contributed by atoms with Crippen molar-refractivity contribution >= 4 is 12.4 Å². The third-order valence-electron chi connectivity index (χ3n) is 1.88. The topological polar surface area (TPSA) is 26.0 Å². The number of nitrogens with two attached hydrogens (primary N) is 1. The van der Waals surface area contributed by atoms with Crippen molar-refractivity contribution < 1.29 is 4.39 Å². The van der Waals surface area contributed by atoms with Crippen LogP contribution in [0.3, 0.4) is 0 Å². The summed E-state index contributed by atoms with van der Waals surface area (Å²) in [7, 11) is 0. The second-order valence-corrected chi connectivity index (χ2v) is 3.37. The van der Waals surface area contributed by atoms with E-state index in [0.29, 0.717) is 12.1 Å². The van der Waals surface area contributed by atoms with Gasteiger partial charge in [-0.15, -0.1) is 12.4 Å². The molecule has 1 nitrogen and oxygen atoms in total. The fourth-order valence-corrected chi connectivity index (χ4v) is 1.04. The maximum absolute atomic E-state index is 13.3. The molecule has 0 unspecified atom stereocenters. The van der Waals surface area contributed by atoms with Gasteiger partial charge in [0, 0.05) is 6.54 Å². The van der Waals surface area contributed by atoms with Crippen LogP contribution in [0.15, 0.2) is 24.3 Å². The lowest BCUT2D eigenvalue weighted by Crippen LogP contribution is -2.09. The zero-order valence-corrected chi connectivity index (χ0v) is 8.70. The summed E-state index contributed by atoms with van der Waals surface area (Å²) in [6.45, 7) is 3.60. The lowest BCUT2D eigenvalue weighted by Gasteiger charge is -2.14. The molecule has 0 fully saturated rings. The molecule has 0 aromatic heterocycles. The van der Waals surface area contributed by atoms with Crippen LogP contribution in [0.1, 0.15) is 25.0 Å². The van der Waals surface area contributed by atoms with Crippen molar-refractivity contribution in [3.63, 3.8) is 0 Å². The summed E-state index contributed by atoms with van der Waals surface area (Å²) >= 11 is 0. The number of hydrogen-bond donors (Lipinski definition) is 1. The zero-order chi connectivity index (χ0) is 9.19. The molecule has 1 aromatic carbocycles. The van der Waals surface area contributed by atoms with Crippen LogP contribution in [0.4, 0.5) is 4.39 Å². The fourth-order valence-electron chi connectivity index (χ4n) is 1.04. The van der Waals surface area contributed by atoms with Crippen molar-refractivity contribution in [3.05, 3.63) is 35.4 Å². The van der Waals surface area contributed by atoms with Crippen molar-refractivity contribution in [2.45, 2.75) is 26.1 Å². The molecule has 0 saturated carbocycles. The minimum atomic E-state index is -1.26. The van der Waals surface area contributed by atoms with Crippen LogP contribution in [0.5, 0.6) is 0 Å². The monoisotopic (exact) mass is 203 g/mol. The van der Waals surface area contributed by atoms with Crippen LogP contribution in [0, 0.1) is 0 Å². The summed E-state index contributed by atoms with van der Waals surface area (Å²) in [5, 5.41) is 0. The minimum absolute atomic E-state index is 0. The van der Waals surface area contributed by atoms with Crippen molar-refractivity contribution in [1.29, 1.82) is 0 Å². The molecule has 0 radical (unpaired) electrons. The molecule has 0 heterocycles. The first kappa shape index (κ1) is 12.4. The quantitative estimate of drug-likeness (QED) is 0.786. The summed E-state index contributed by atoms with van der Waals surface area (Å²) in [4.78, 5) is 0. The first-order valence-corrected chi connectivity index (χ1v) is 4.02. The highest BCUT2D eigenvalue weighted by atomic mass is 35.5. The first-order valence-electron chi connectivity index (χ1n) is 4.02. The van der Waals surface area contributed by atoms with E-state index in [1.807, 2.05) is 12.1 Å². The smallest absolute Gasteiger partial charge is 0.130 e. The van der Waals surface area contributed by atoms with E-state index in [2.05, 4.69) is 0 Å². The van der Waals surface area contributed by atoms with E-state index >= 15 is 0 Å². The Hall–Kier alpha value is -0.600. The molecule has 2 N–H and O–H groups in total. The van der Waals surface area contributed by atoms with Gasteiger partial charge in [-0.25, -0.2) is 4.39 Å². The number of halogens is 2. The maximum Gasteiger partial charge on any atom is 0.130 e. The third-order valence-corrected chi connectivity index (χ3v) is 1.88. The Bertz CT molecular complexity index is 251. The molecule has 0 bridgehead atoms. The van der Waals surface area contributed by atoms with Crippen LogP contribution < -0.4 is 5.73 Å². The Morgan fingerprint density at radius 1 is 1.23 bits per heavy atom. The van der Waals surface area contributed by atoms with Gasteiger partial charge >= 0.3 is 0 Å². The van der Waals surface area contributed by atoms with Gasteiger partial charge in [-0.3, -0.25) is 0 Å². The van der Waals surface area contributed by atoms with Gasteiger partial charge in [0.25, 0.3) is 0 Å². The second-order valence-electron chi connectivity index (χ2n) is 3.37. The predicted octanol–water partition coefficient (Wildman–Crippen LogP) is 2.77. The number of rotatable bonds is 2. The van der Waals surface area contributed by atoms with E-state index < -0.39 is 5.67 Å². The molecule has 0 aliphatic rings. The van der Waals surface area contributed by atoms with Gasteiger partial charge < -0.3 is 5.73 Å². The van der Waals surface area contributed by atoms with Crippen LogP contribution in [-0.4, -0.2) is 0 Å². The van der Waals surface area contributed by atoms with E-state index in [1.54, 1.807) is 26.0 Å². The molecule has 0 saturated heterocycles. The van der Waals surface area contributed by atoms with E-state index in [1.165, 1.54) is 0 Å². The summed E-state index contributed by atoms with van der Waals surface area (Å²) < 4.78 is 13.3. The van der Waals surface area contributed by atoms with Crippen molar-refractivity contribution in [2.24, 2.45) is 5.73 Å². The third kappa shape index (κ3) is 3.33. The van der Waals surface area contributed by atoms with Gasteiger partial charge in [0.2, 0.25) is 0 Å². The molecule has 74 valence electrons. The number of benzene rings is 1. The summed E-state index contributed by atoms with van der Waals surface area (Å²) in [6.07, 6.45) is 0. The van der Waals surface area contributed by atoms with Crippen LogP contribution in [0.25, 0.3) is 0 Å². The van der Waals surface area contributed by atoms with Crippen molar-refractivity contribution in [2.75, 3.05) is 0 Å². The Labute approximate surface area is 84.5 Å². The predicted molar refractivity (Wildman–Crippen MR) is 55.7 cm³/mol. The molecular formula is C10H15ClFN. The first-order chi connectivity index (χ1) is 5.54. The van der Waals surface area contributed by atoms with Crippen LogP contribution >= 0.6 is 12.4 Å². The van der Waals surface area contributed by atoms with Gasteiger partial charge in [-0.1, -0.05) is 24.3 Å². The van der Waals surface area contributed by atoms with Gasteiger partial charge in [0.1, 0.15) is 5.67 Å². The lowest BCUT2D eigenvalue weighted by atomic mass is 9.99. The van der Waals surface area contributed by atoms with E-state index in [9.17, 15) is 4.39 Å². The zero-order valence-electron chi connectivity index (χ0n) is 7.88. The average Bonchev–Trinajstić information content (AvgIpc) is 2.03. The van der Waals surface area contributed by atoms with Gasteiger partial charge in [0.05, 0.1) is 0 Å².